The van der Waals surface area contributed by atoms with Crippen LogP contribution >= 0.6 is 0 Å². The van der Waals surface area contributed by atoms with Crippen LogP contribution in [0, 0.1) is 0 Å². The second kappa shape index (κ2) is 10.6. The topological polar surface area (TPSA) is 0 Å². The van der Waals surface area contributed by atoms with E-state index in [9.17, 15) is 0 Å². The molecule has 0 spiro atoms. The van der Waals surface area contributed by atoms with E-state index in [2.05, 4.69) is 159 Å². The summed E-state index contributed by atoms with van der Waals surface area (Å²) < 4.78 is 0. The lowest BCUT2D eigenvalue weighted by Gasteiger charge is -2.36. The van der Waals surface area contributed by atoms with Gasteiger partial charge in [0.2, 0.25) is 0 Å². The van der Waals surface area contributed by atoms with Crippen molar-refractivity contribution >= 4 is 12.2 Å². The molecule has 0 aliphatic heterocycles. The van der Waals surface area contributed by atoms with E-state index in [1.54, 1.807) is 0 Å². The third-order valence-corrected chi connectivity index (χ3v) is 9.62. The van der Waals surface area contributed by atoms with Gasteiger partial charge in [0.15, 0.2) is 0 Å². The van der Waals surface area contributed by atoms with Crippen molar-refractivity contribution in [2.24, 2.45) is 0 Å². The average Bonchev–Trinajstić information content (AvgIpc) is 3.27. The number of fused-ring (bicyclic) bond motifs is 3. The molecule has 0 N–H and O–H groups in total. The Bertz CT molecular complexity index is 1600. The summed E-state index contributed by atoms with van der Waals surface area (Å²) in [5.74, 6) is 0. The lowest BCUT2D eigenvalue weighted by atomic mass is 9.65. The van der Waals surface area contributed by atoms with E-state index >= 15 is 0 Å². The maximum absolute atomic E-state index is 4.31. The molecule has 0 aromatic heterocycles. The van der Waals surface area contributed by atoms with Crippen molar-refractivity contribution in [1.82, 2.24) is 0 Å². The minimum atomic E-state index is -0.438. The molecule has 0 bridgehead atoms. The average molecular weight is 539 g/mol. The maximum atomic E-state index is 4.31. The van der Waals surface area contributed by atoms with Gasteiger partial charge in [-0.25, -0.2) is 0 Å². The van der Waals surface area contributed by atoms with Gasteiger partial charge in [-0.05, 0) is 93.2 Å². The molecule has 0 heteroatoms. The van der Waals surface area contributed by atoms with Gasteiger partial charge in [-0.2, -0.15) is 0 Å². The molecule has 0 nitrogen and oxygen atoms in total. The fourth-order valence-corrected chi connectivity index (χ4v) is 6.75. The van der Waals surface area contributed by atoms with Crippen LogP contribution in [-0.4, -0.2) is 0 Å². The second-order valence-corrected chi connectivity index (χ2v) is 13.4. The fourth-order valence-electron chi connectivity index (χ4n) is 6.75. The molecule has 5 rings (SSSR count). The number of rotatable bonds is 7. The van der Waals surface area contributed by atoms with E-state index in [1.165, 1.54) is 61.2 Å². The first-order valence-corrected chi connectivity index (χ1v) is 15.3. The van der Waals surface area contributed by atoms with Crippen molar-refractivity contribution in [3.8, 4) is 11.1 Å². The van der Waals surface area contributed by atoms with E-state index in [0.717, 1.165) is 12.8 Å². The number of hydrogen-bond acceptors (Lipinski definition) is 0. The lowest BCUT2D eigenvalue weighted by Crippen LogP contribution is -2.30. The zero-order valence-corrected chi connectivity index (χ0v) is 26.4. The van der Waals surface area contributed by atoms with Crippen molar-refractivity contribution < 1.29 is 0 Å². The predicted molar refractivity (Wildman–Crippen MR) is 180 cm³/mol. The van der Waals surface area contributed by atoms with Gasteiger partial charge in [-0.15, -0.1) is 0 Å². The third kappa shape index (κ3) is 4.72. The van der Waals surface area contributed by atoms with E-state index in [0.29, 0.717) is 0 Å². The monoisotopic (exact) mass is 538 g/mol. The van der Waals surface area contributed by atoms with Crippen molar-refractivity contribution in [3.05, 3.63) is 142 Å². The number of benzene rings is 4. The largest absolute Gasteiger partial charge is 0.0984 e. The van der Waals surface area contributed by atoms with Crippen molar-refractivity contribution in [2.75, 3.05) is 0 Å². The Hall–Kier alpha value is -3.64. The van der Waals surface area contributed by atoms with Gasteiger partial charge in [0.25, 0.3) is 0 Å². The van der Waals surface area contributed by atoms with Crippen LogP contribution in [0.25, 0.3) is 23.3 Å². The zero-order valence-electron chi connectivity index (χ0n) is 26.4. The molecule has 41 heavy (non-hydrogen) atoms. The summed E-state index contributed by atoms with van der Waals surface area (Å²) in [5.41, 5.74) is 14.2. The number of allylic oxidation sites excluding steroid dienone is 1. The van der Waals surface area contributed by atoms with E-state index < -0.39 is 5.41 Å². The first-order chi connectivity index (χ1) is 19.5. The second-order valence-electron chi connectivity index (χ2n) is 13.4. The van der Waals surface area contributed by atoms with Crippen LogP contribution in [0.3, 0.4) is 0 Å². The molecule has 1 atom stereocenters. The normalized spacial score (nSPS) is 16.2. The number of hydrogen-bond donors (Lipinski definition) is 0. The molecule has 0 saturated carbocycles. The van der Waals surface area contributed by atoms with Crippen LogP contribution in [-0.2, 0) is 16.2 Å². The molecular formula is C41H46. The van der Waals surface area contributed by atoms with Crippen molar-refractivity contribution in [3.63, 3.8) is 0 Å². The molecule has 0 radical (unpaired) electrons. The Morgan fingerprint density at radius 1 is 0.732 bits per heavy atom. The van der Waals surface area contributed by atoms with Crippen LogP contribution in [0.15, 0.2) is 97.1 Å². The van der Waals surface area contributed by atoms with Crippen LogP contribution in [0.5, 0.6) is 0 Å². The molecule has 1 aliphatic rings. The third-order valence-electron chi connectivity index (χ3n) is 9.62. The Labute approximate surface area is 248 Å². The molecule has 1 aliphatic carbocycles. The van der Waals surface area contributed by atoms with E-state index in [4.69, 9.17) is 0 Å². The Kier molecular flexibility index (Phi) is 7.49. The molecule has 0 heterocycles. The quantitative estimate of drug-likeness (QED) is 0.193. The van der Waals surface area contributed by atoms with E-state index in [-0.39, 0.29) is 10.8 Å². The SMILES string of the molecule is C=Cc1cc(C(C)(C)C)cc2c1-c1ccc(C(C)(CC)CC)cc1C2(c1ccccc1)c1ccc(C=C(C)C)cc1. The fraction of sp³-hybridized carbons (Fsp3) is 0.317. The highest BCUT2D eigenvalue weighted by Crippen LogP contribution is 2.58. The van der Waals surface area contributed by atoms with Crippen molar-refractivity contribution in [1.29, 1.82) is 0 Å². The molecule has 1 unspecified atom stereocenters. The van der Waals surface area contributed by atoms with Gasteiger partial charge in [-0.1, -0.05) is 151 Å². The first kappa shape index (κ1) is 28.9. The highest BCUT2D eigenvalue weighted by Gasteiger charge is 2.48. The molecule has 4 aromatic carbocycles. The Balaban J connectivity index is 1.98. The molecule has 0 amide bonds. The van der Waals surface area contributed by atoms with Gasteiger partial charge in [0.1, 0.15) is 0 Å². The summed E-state index contributed by atoms with van der Waals surface area (Å²) in [6, 6.07) is 32.7. The Morgan fingerprint density at radius 2 is 1.34 bits per heavy atom. The van der Waals surface area contributed by atoms with Gasteiger partial charge >= 0.3 is 0 Å². The minimum absolute atomic E-state index is 0.00541. The summed E-state index contributed by atoms with van der Waals surface area (Å²) in [6.07, 6.45) is 6.54. The zero-order chi connectivity index (χ0) is 29.6. The lowest BCUT2D eigenvalue weighted by molar-refractivity contribution is 0.438. The summed E-state index contributed by atoms with van der Waals surface area (Å²) in [4.78, 5) is 0. The highest BCUT2D eigenvalue weighted by atomic mass is 14.5. The smallest absolute Gasteiger partial charge is 0.0713 e. The Morgan fingerprint density at radius 3 is 1.90 bits per heavy atom. The molecule has 0 fully saturated rings. The summed E-state index contributed by atoms with van der Waals surface area (Å²) in [5, 5.41) is 0. The summed E-state index contributed by atoms with van der Waals surface area (Å²) >= 11 is 0. The van der Waals surface area contributed by atoms with E-state index in [1.807, 2.05) is 0 Å². The highest BCUT2D eigenvalue weighted by molar-refractivity contribution is 5.92. The van der Waals surface area contributed by atoms with Crippen LogP contribution in [0.2, 0.25) is 0 Å². The van der Waals surface area contributed by atoms with Gasteiger partial charge in [0, 0.05) is 0 Å². The van der Waals surface area contributed by atoms with Gasteiger partial charge < -0.3 is 0 Å². The standard InChI is InChI=1S/C41H46/c1-10-30-25-34(39(6,7)8)27-37-38(30)35-23-22-33(40(9,11-2)12-3)26-36(35)41(37,31-16-14-13-15-17-31)32-20-18-29(19-21-32)24-28(4)5/h10,13-27H,1,11-12H2,2-9H3. The molecule has 4 aromatic rings. The van der Waals surface area contributed by atoms with Gasteiger partial charge in [-0.3, -0.25) is 0 Å². The summed E-state index contributed by atoms with van der Waals surface area (Å²) in [7, 11) is 0. The van der Waals surface area contributed by atoms with Crippen molar-refractivity contribution in [2.45, 2.75) is 84.5 Å². The minimum Gasteiger partial charge on any atom is -0.0984 e. The first-order valence-electron chi connectivity index (χ1n) is 15.3. The summed E-state index contributed by atoms with van der Waals surface area (Å²) in [6.45, 7) is 22.6. The van der Waals surface area contributed by atoms with Crippen LogP contribution in [0.1, 0.15) is 113 Å². The molecular weight excluding hydrogens is 492 g/mol. The predicted octanol–water partition coefficient (Wildman–Crippen LogP) is 11.5. The van der Waals surface area contributed by atoms with Crippen LogP contribution < -0.4 is 0 Å². The molecule has 210 valence electrons. The van der Waals surface area contributed by atoms with Gasteiger partial charge in [0.05, 0.1) is 5.41 Å². The maximum Gasteiger partial charge on any atom is 0.0713 e. The van der Waals surface area contributed by atoms with Crippen LogP contribution in [0.4, 0.5) is 0 Å². The molecule has 0 saturated heterocycles.